The third-order valence-corrected chi connectivity index (χ3v) is 5.17. The van der Waals surface area contributed by atoms with Crippen molar-refractivity contribution >= 4 is 0 Å². The largest absolute Gasteiger partial charge is 0.296 e. The van der Waals surface area contributed by atoms with E-state index in [2.05, 4.69) is 30.6 Å². The number of piperidine rings is 1. The van der Waals surface area contributed by atoms with Crippen LogP contribution in [0.15, 0.2) is 6.33 Å². The summed E-state index contributed by atoms with van der Waals surface area (Å²) >= 11 is 0. The van der Waals surface area contributed by atoms with Crippen LogP contribution in [0.5, 0.6) is 0 Å². The third kappa shape index (κ3) is 2.34. The lowest BCUT2D eigenvalue weighted by molar-refractivity contribution is -0.128. The summed E-state index contributed by atoms with van der Waals surface area (Å²) in [6.45, 7) is 6.13. The van der Waals surface area contributed by atoms with E-state index in [9.17, 15) is 0 Å². The van der Waals surface area contributed by atoms with Crippen molar-refractivity contribution in [3.8, 4) is 0 Å². The molecule has 3 saturated heterocycles. The van der Waals surface area contributed by atoms with Gasteiger partial charge in [0.1, 0.15) is 12.5 Å². The molecule has 0 spiro atoms. The van der Waals surface area contributed by atoms with Gasteiger partial charge < -0.3 is 0 Å². The molecule has 8 nitrogen and oxygen atoms in total. The minimum Gasteiger partial charge on any atom is -0.296 e. The van der Waals surface area contributed by atoms with Gasteiger partial charge in [-0.25, -0.2) is 0 Å². The Morgan fingerprint density at radius 3 is 2.50 bits per heavy atom. The molecular weight excluding hydrogens is 280 g/mol. The quantitative estimate of drug-likeness (QED) is 0.803. The fourth-order valence-corrected chi connectivity index (χ4v) is 4.17. The van der Waals surface area contributed by atoms with Crippen molar-refractivity contribution in [2.24, 2.45) is 0 Å². The molecule has 3 aliphatic heterocycles. The lowest BCUT2D eigenvalue weighted by atomic mass is 10.0. The molecule has 4 rings (SSSR count). The van der Waals surface area contributed by atoms with E-state index in [1.807, 2.05) is 4.68 Å². The lowest BCUT2D eigenvalue weighted by Crippen LogP contribution is -2.75. The van der Waals surface area contributed by atoms with E-state index in [1.54, 1.807) is 6.33 Å². The van der Waals surface area contributed by atoms with Gasteiger partial charge in [-0.05, 0) is 49.2 Å². The van der Waals surface area contributed by atoms with Crippen LogP contribution in [0.25, 0.3) is 0 Å². The molecule has 22 heavy (non-hydrogen) atoms. The highest BCUT2D eigenvalue weighted by Crippen LogP contribution is 2.32. The fraction of sp³-hybridized carbons (Fsp3) is 0.929. The molecule has 1 aromatic rings. The average molecular weight is 305 g/mol. The van der Waals surface area contributed by atoms with Gasteiger partial charge in [0.05, 0.1) is 0 Å². The molecule has 0 aromatic carbocycles. The fourth-order valence-electron chi connectivity index (χ4n) is 4.17. The Morgan fingerprint density at radius 1 is 1.00 bits per heavy atom. The monoisotopic (exact) mass is 305 g/mol. The summed E-state index contributed by atoms with van der Waals surface area (Å²) in [5, 5.41) is 20.9. The Labute approximate surface area is 131 Å². The standard InChI is InChI=1S/C14H25N8/c1-2-10-21(11-3-1)14(22-12-17-18-19-22)13(15-6-7-16-14)20-8-4-5-9-20/h12-13,15H,1-11H2. The topological polar surface area (TPSA) is 76.2 Å². The van der Waals surface area contributed by atoms with Gasteiger partial charge in [-0.1, -0.05) is 6.42 Å². The summed E-state index contributed by atoms with van der Waals surface area (Å²) in [5.74, 6) is -0.494. The van der Waals surface area contributed by atoms with Crippen LogP contribution in [0.4, 0.5) is 0 Å². The zero-order valence-corrected chi connectivity index (χ0v) is 13.1. The van der Waals surface area contributed by atoms with E-state index < -0.39 is 5.79 Å². The zero-order valence-electron chi connectivity index (χ0n) is 13.1. The first-order valence-corrected chi connectivity index (χ1v) is 8.56. The van der Waals surface area contributed by atoms with Crippen molar-refractivity contribution in [3.05, 3.63) is 6.33 Å². The molecule has 0 saturated carbocycles. The minimum absolute atomic E-state index is 0.158. The van der Waals surface area contributed by atoms with E-state index in [1.165, 1.54) is 32.1 Å². The molecule has 1 N–H and O–H groups in total. The van der Waals surface area contributed by atoms with Crippen molar-refractivity contribution in [1.82, 2.24) is 40.6 Å². The van der Waals surface area contributed by atoms with Gasteiger partial charge in [0.2, 0.25) is 5.79 Å². The number of aromatic nitrogens is 4. The van der Waals surface area contributed by atoms with E-state index in [0.29, 0.717) is 0 Å². The van der Waals surface area contributed by atoms with Crippen LogP contribution in [0.1, 0.15) is 32.1 Å². The first-order chi connectivity index (χ1) is 10.9. The summed E-state index contributed by atoms with van der Waals surface area (Å²) < 4.78 is 1.88. The van der Waals surface area contributed by atoms with Gasteiger partial charge in [0.15, 0.2) is 0 Å². The maximum atomic E-state index is 5.10. The summed E-state index contributed by atoms with van der Waals surface area (Å²) in [4.78, 5) is 5.01. The van der Waals surface area contributed by atoms with Crippen molar-refractivity contribution < 1.29 is 0 Å². The van der Waals surface area contributed by atoms with Crippen LogP contribution < -0.4 is 10.6 Å². The Bertz CT molecular complexity index is 465. The summed E-state index contributed by atoms with van der Waals surface area (Å²) in [5.41, 5.74) is 0. The number of tetrazole rings is 1. The van der Waals surface area contributed by atoms with Crippen LogP contribution in [-0.4, -0.2) is 75.4 Å². The van der Waals surface area contributed by atoms with Crippen molar-refractivity contribution in [1.29, 1.82) is 0 Å². The molecule has 0 amide bonds. The van der Waals surface area contributed by atoms with Crippen molar-refractivity contribution in [2.45, 2.75) is 44.1 Å². The average Bonchev–Trinajstić information content (AvgIpc) is 3.29. The number of rotatable bonds is 3. The van der Waals surface area contributed by atoms with E-state index >= 15 is 0 Å². The first-order valence-electron chi connectivity index (χ1n) is 8.56. The number of likely N-dealkylation sites (tertiary alicyclic amines) is 2. The van der Waals surface area contributed by atoms with E-state index in [0.717, 1.165) is 39.3 Å². The molecular formula is C14H25N8. The van der Waals surface area contributed by atoms with Crippen molar-refractivity contribution in [3.63, 3.8) is 0 Å². The molecule has 3 aliphatic rings. The second-order valence-corrected chi connectivity index (χ2v) is 6.47. The molecule has 2 atom stereocenters. The van der Waals surface area contributed by atoms with Gasteiger partial charge in [-0.15, -0.1) is 5.10 Å². The molecule has 0 aliphatic carbocycles. The van der Waals surface area contributed by atoms with Gasteiger partial charge in [0, 0.05) is 26.2 Å². The maximum absolute atomic E-state index is 5.10. The van der Waals surface area contributed by atoms with E-state index in [-0.39, 0.29) is 6.17 Å². The predicted molar refractivity (Wildman–Crippen MR) is 80.8 cm³/mol. The number of hydrogen-bond acceptors (Lipinski definition) is 6. The van der Waals surface area contributed by atoms with Crippen LogP contribution in [0, 0.1) is 0 Å². The second-order valence-electron chi connectivity index (χ2n) is 6.47. The highest BCUT2D eigenvalue weighted by Gasteiger charge is 2.52. The molecule has 0 bridgehead atoms. The van der Waals surface area contributed by atoms with Gasteiger partial charge >= 0.3 is 0 Å². The highest BCUT2D eigenvalue weighted by molar-refractivity contribution is 4.98. The Kier molecular flexibility index (Phi) is 4.08. The summed E-state index contributed by atoms with van der Waals surface area (Å²) in [6, 6.07) is 0. The lowest BCUT2D eigenvalue weighted by Gasteiger charge is -2.53. The number of hydrogen-bond donors (Lipinski definition) is 1. The summed E-state index contributed by atoms with van der Waals surface area (Å²) in [7, 11) is 0. The molecule has 3 fully saturated rings. The number of nitrogens with one attached hydrogen (secondary N) is 1. The molecule has 121 valence electrons. The normalized spacial score (nSPS) is 35.0. The molecule has 8 heteroatoms. The van der Waals surface area contributed by atoms with Crippen LogP contribution in [0.2, 0.25) is 0 Å². The Hall–Kier alpha value is -1.09. The predicted octanol–water partition coefficient (Wildman–Crippen LogP) is -0.601. The SMILES string of the molecule is c1nnnn1C1(N2CCCCC2)[N]CCNC1N1CCCC1. The number of piperazine rings is 1. The highest BCUT2D eigenvalue weighted by atomic mass is 15.7. The second kappa shape index (κ2) is 6.19. The van der Waals surface area contributed by atoms with Gasteiger partial charge in [-0.3, -0.25) is 15.1 Å². The van der Waals surface area contributed by atoms with Crippen molar-refractivity contribution in [2.75, 3.05) is 39.3 Å². The van der Waals surface area contributed by atoms with Crippen LogP contribution in [0.3, 0.4) is 0 Å². The Balaban J connectivity index is 1.73. The summed E-state index contributed by atoms with van der Waals surface area (Å²) in [6.07, 6.45) is 8.19. The van der Waals surface area contributed by atoms with Crippen LogP contribution >= 0.6 is 0 Å². The van der Waals surface area contributed by atoms with Crippen LogP contribution in [-0.2, 0) is 5.79 Å². The molecule has 4 heterocycles. The molecule has 2 unspecified atom stereocenters. The Morgan fingerprint density at radius 2 is 1.77 bits per heavy atom. The first kappa shape index (κ1) is 14.5. The van der Waals surface area contributed by atoms with E-state index in [4.69, 9.17) is 5.32 Å². The van der Waals surface area contributed by atoms with Gasteiger partial charge in [0.25, 0.3) is 0 Å². The van der Waals surface area contributed by atoms with Gasteiger partial charge in [-0.2, -0.15) is 10.00 Å². The molecule has 1 aromatic heterocycles. The molecule has 1 radical (unpaired) electrons. The number of nitrogens with zero attached hydrogens (tertiary/aromatic N) is 7. The third-order valence-electron chi connectivity index (χ3n) is 5.17. The smallest absolute Gasteiger partial charge is 0.217 e. The minimum atomic E-state index is -0.494. The maximum Gasteiger partial charge on any atom is 0.217 e. The zero-order chi connectivity index (χ0) is 14.8.